The summed E-state index contributed by atoms with van der Waals surface area (Å²) >= 11 is 0. The van der Waals surface area contributed by atoms with Crippen molar-refractivity contribution in [2.24, 2.45) is 0 Å². The topological polar surface area (TPSA) is 61.8 Å². The van der Waals surface area contributed by atoms with Gasteiger partial charge in [0.05, 0.1) is 25.3 Å². The van der Waals surface area contributed by atoms with E-state index in [1.165, 1.54) is 20.3 Å². The van der Waals surface area contributed by atoms with Crippen LogP contribution >= 0.6 is 0 Å². The fraction of sp³-hybridized carbons (Fsp3) is 0.120. The highest BCUT2D eigenvalue weighted by Gasteiger charge is 2.12. The number of benzene rings is 3. The Morgan fingerprint density at radius 2 is 1.60 bits per heavy atom. The molecule has 152 valence electrons. The van der Waals surface area contributed by atoms with E-state index in [0.717, 1.165) is 11.1 Å². The van der Waals surface area contributed by atoms with Gasteiger partial charge in [-0.3, -0.25) is 4.79 Å². The highest BCUT2D eigenvalue weighted by atomic mass is 16.5. The zero-order valence-electron chi connectivity index (χ0n) is 17.0. The van der Waals surface area contributed by atoms with Gasteiger partial charge in [-0.2, -0.15) is 0 Å². The highest BCUT2D eigenvalue weighted by molar-refractivity contribution is 6.09. The third-order valence-electron chi connectivity index (χ3n) is 4.53. The molecule has 0 spiro atoms. The van der Waals surface area contributed by atoms with Crippen LogP contribution in [0.3, 0.4) is 0 Å². The first-order chi connectivity index (χ1) is 14.5. The third kappa shape index (κ3) is 4.94. The van der Waals surface area contributed by atoms with Crippen LogP contribution in [0.5, 0.6) is 17.2 Å². The number of rotatable bonds is 7. The van der Waals surface area contributed by atoms with Gasteiger partial charge in [0, 0.05) is 0 Å². The van der Waals surface area contributed by atoms with Crippen molar-refractivity contribution in [3.05, 3.63) is 95.1 Å². The number of ether oxygens (including phenoxy) is 3. The molecule has 5 heteroatoms. The lowest BCUT2D eigenvalue weighted by Crippen LogP contribution is -2.10. The van der Waals surface area contributed by atoms with E-state index < -0.39 is 5.97 Å². The van der Waals surface area contributed by atoms with Crippen molar-refractivity contribution in [3.63, 3.8) is 0 Å². The van der Waals surface area contributed by atoms with Crippen molar-refractivity contribution in [3.8, 4) is 17.2 Å². The van der Waals surface area contributed by atoms with E-state index in [-0.39, 0.29) is 5.78 Å². The SMILES string of the molecule is COc1ccc(OC)c(C(=O)/C=C/c2cccc(OC(=O)c3ccccc3C)c2)c1. The lowest BCUT2D eigenvalue weighted by Gasteiger charge is -2.08. The molecule has 5 nitrogen and oxygen atoms in total. The molecule has 0 aliphatic rings. The molecule has 0 aliphatic heterocycles. The summed E-state index contributed by atoms with van der Waals surface area (Å²) < 4.78 is 15.9. The molecule has 0 aliphatic carbocycles. The minimum atomic E-state index is -0.425. The molecule has 0 saturated heterocycles. The summed E-state index contributed by atoms with van der Waals surface area (Å²) in [6.45, 7) is 1.86. The van der Waals surface area contributed by atoms with Gasteiger partial charge < -0.3 is 14.2 Å². The van der Waals surface area contributed by atoms with Gasteiger partial charge in [-0.05, 0) is 60.5 Å². The lowest BCUT2D eigenvalue weighted by atomic mass is 10.1. The first-order valence-electron chi connectivity index (χ1n) is 9.34. The van der Waals surface area contributed by atoms with Crippen molar-refractivity contribution < 1.29 is 23.8 Å². The Labute approximate surface area is 175 Å². The Morgan fingerprint density at radius 1 is 0.800 bits per heavy atom. The summed E-state index contributed by atoms with van der Waals surface area (Å²) in [7, 11) is 3.05. The molecule has 30 heavy (non-hydrogen) atoms. The summed E-state index contributed by atoms with van der Waals surface area (Å²) in [6, 6.07) is 19.3. The van der Waals surface area contributed by atoms with Gasteiger partial charge in [-0.1, -0.05) is 36.4 Å². The van der Waals surface area contributed by atoms with Crippen LogP contribution in [0.25, 0.3) is 6.08 Å². The largest absolute Gasteiger partial charge is 0.497 e. The smallest absolute Gasteiger partial charge is 0.343 e. The van der Waals surface area contributed by atoms with Gasteiger partial charge >= 0.3 is 5.97 Å². The summed E-state index contributed by atoms with van der Waals surface area (Å²) in [5.74, 6) is 0.778. The number of hydrogen-bond acceptors (Lipinski definition) is 5. The van der Waals surface area contributed by atoms with Crippen LogP contribution in [-0.4, -0.2) is 26.0 Å². The first-order valence-corrected chi connectivity index (χ1v) is 9.34. The number of carbonyl (C=O) groups is 2. The predicted octanol–water partition coefficient (Wildman–Crippen LogP) is 5.13. The fourth-order valence-corrected chi connectivity index (χ4v) is 2.91. The molecular formula is C25H22O5. The minimum Gasteiger partial charge on any atom is -0.497 e. The van der Waals surface area contributed by atoms with Crippen LogP contribution in [0.2, 0.25) is 0 Å². The number of carbonyl (C=O) groups excluding carboxylic acids is 2. The molecule has 0 N–H and O–H groups in total. The summed E-state index contributed by atoms with van der Waals surface area (Å²) in [4.78, 5) is 25.1. The molecule has 0 fully saturated rings. The Bertz CT molecular complexity index is 1100. The van der Waals surface area contributed by atoms with Crippen LogP contribution in [0, 0.1) is 6.92 Å². The molecule has 0 atom stereocenters. The van der Waals surface area contributed by atoms with Gasteiger partial charge in [0.2, 0.25) is 0 Å². The molecular weight excluding hydrogens is 380 g/mol. The van der Waals surface area contributed by atoms with E-state index in [1.807, 2.05) is 25.1 Å². The Morgan fingerprint density at radius 3 is 2.33 bits per heavy atom. The zero-order valence-corrected chi connectivity index (χ0v) is 17.0. The number of esters is 1. The third-order valence-corrected chi connectivity index (χ3v) is 4.53. The molecule has 3 aromatic carbocycles. The zero-order chi connectivity index (χ0) is 21.5. The van der Waals surface area contributed by atoms with E-state index in [4.69, 9.17) is 14.2 Å². The molecule has 0 amide bonds. The Hall–Kier alpha value is -3.86. The number of hydrogen-bond donors (Lipinski definition) is 0. The molecule has 3 rings (SSSR count). The molecule has 0 unspecified atom stereocenters. The summed E-state index contributed by atoms with van der Waals surface area (Å²) in [5.41, 5.74) is 2.48. The average molecular weight is 402 g/mol. The second-order valence-electron chi connectivity index (χ2n) is 6.54. The first kappa shape index (κ1) is 20.9. The van der Waals surface area contributed by atoms with Gasteiger partial charge in [-0.25, -0.2) is 4.79 Å². The van der Waals surface area contributed by atoms with Crippen molar-refractivity contribution in [2.75, 3.05) is 14.2 Å². The van der Waals surface area contributed by atoms with Crippen molar-refractivity contribution in [1.29, 1.82) is 0 Å². The van der Waals surface area contributed by atoms with Crippen LogP contribution in [0.4, 0.5) is 0 Å². The second kappa shape index (κ2) is 9.56. The maximum Gasteiger partial charge on any atom is 0.343 e. The molecule has 0 saturated carbocycles. The normalized spacial score (nSPS) is 10.6. The fourth-order valence-electron chi connectivity index (χ4n) is 2.91. The van der Waals surface area contributed by atoms with Crippen molar-refractivity contribution >= 4 is 17.8 Å². The van der Waals surface area contributed by atoms with Crippen molar-refractivity contribution in [2.45, 2.75) is 6.92 Å². The van der Waals surface area contributed by atoms with Gasteiger partial charge in [-0.15, -0.1) is 0 Å². The van der Waals surface area contributed by atoms with Gasteiger partial charge in [0.1, 0.15) is 17.2 Å². The monoisotopic (exact) mass is 402 g/mol. The van der Waals surface area contributed by atoms with E-state index >= 15 is 0 Å². The van der Waals surface area contributed by atoms with E-state index in [0.29, 0.717) is 28.4 Å². The van der Waals surface area contributed by atoms with Gasteiger partial charge in [0.15, 0.2) is 5.78 Å². The molecule has 0 heterocycles. The highest BCUT2D eigenvalue weighted by Crippen LogP contribution is 2.25. The molecule has 0 radical (unpaired) electrons. The van der Waals surface area contributed by atoms with Crippen molar-refractivity contribution in [1.82, 2.24) is 0 Å². The average Bonchev–Trinajstić information content (AvgIpc) is 2.77. The summed E-state index contributed by atoms with van der Waals surface area (Å²) in [6.07, 6.45) is 3.10. The molecule has 0 bridgehead atoms. The second-order valence-corrected chi connectivity index (χ2v) is 6.54. The van der Waals surface area contributed by atoms with Gasteiger partial charge in [0.25, 0.3) is 0 Å². The quantitative estimate of drug-likeness (QED) is 0.237. The molecule has 3 aromatic rings. The lowest BCUT2D eigenvalue weighted by molar-refractivity contribution is 0.0733. The summed E-state index contributed by atoms with van der Waals surface area (Å²) in [5, 5.41) is 0. The standard InChI is InChI=1S/C25H22O5/c1-17-7-4-5-10-21(17)25(27)30-20-9-6-8-18(15-20)11-13-23(26)22-16-19(28-2)12-14-24(22)29-3/h4-16H,1-3H3/b13-11+. The van der Waals surface area contributed by atoms with Crippen LogP contribution in [-0.2, 0) is 0 Å². The Kier molecular flexibility index (Phi) is 6.65. The van der Waals surface area contributed by atoms with Crippen LogP contribution < -0.4 is 14.2 Å². The van der Waals surface area contributed by atoms with E-state index in [9.17, 15) is 9.59 Å². The Balaban J connectivity index is 1.77. The predicted molar refractivity (Wildman–Crippen MR) is 115 cm³/mol. The number of ketones is 1. The maximum atomic E-state index is 12.6. The number of methoxy groups -OCH3 is 2. The molecule has 0 aromatic heterocycles. The maximum absolute atomic E-state index is 12.6. The van der Waals surface area contributed by atoms with E-state index in [2.05, 4.69) is 0 Å². The van der Waals surface area contributed by atoms with Crippen LogP contribution in [0.1, 0.15) is 31.8 Å². The van der Waals surface area contributed by atoms with Crippen LogP contribution in [0.15, 0.2) is 72.8 Å². The minimum absolute atomic E-state index is 0.229. The number of aryl methyl sites for hydroxylation is 1. The van der Waals surface area contributed by atoms with E-state index in [1.54, 1.807) is 54.6 Å². The number of allylic oxidation sites excluding steroid dienone is 1.